The molecule has 0 aromatic rings. The molecule has 6 nitrogen and oxygen atoms in total. The van der Waals surface area contributed by atoms with Gasteiger partial charge in [0.2, 0.25) is 0 Å². The van der Waals surface area contributed by atoms with Crippen molar-refractivity contribution in [3.63, 3.8) is 0 Å². The summed E-state index contributed by atoms with van der Waals surface area (Å²) in [6.45, 7) is 3.67. The first-order valence-electron chi connectivity index (χ1n) is 4.85. The van der Waals surface area contributed by atoms with E-state index in [1.54, 1.807) is 0 Å². The number of carboxylic acids is 1. The average molecular weight is 214 g/mol. The predicted molar refractivity (Wildman–Crippen MR) is 52.8 cm³/mol. The van der Waals surface area contributed by atoms with E-state index in [-0.39, 0.29) is 5.92 Å². The number of carbonyl (C=O) groups is 2. The largest absolute Gasteiger partial charge is 0.480 e. The molecule has 0 spiro atoms. The SMILES string of the molecule is CCC1=NN(C(=O)O)C(C(=O)O)C1CC. The van der Waals surface area contributed by atoms with Crippen molar-refractivity contribution in [3.05, 3.63) is 0 Å². The number of aliphatic carboxylic acids is 1. The van der Waals surface area contributed by atoms with E-state index in [2.05, 4.69) is 5.10 Å². The van der Waals surface area contributed by atoms with Gasteiger partial charge in [-0.2, -0.15) is 10.1 Å². The molecular weight excluding hydrogens is 200 g/mol. The van der Waals surface area contributed by atoms with Crippen molar-refractivity contribution in [1.29, 1.82) is 0 Å². The van der Waals surface area contributed by atoms with Crippen LogP contribution in [0.3, 0.4) is 0 Å². The number of amides is 1. The van der Waals surface area contributed by atoms with Crippen LogP contribution in [0.1, 0.15) is 26.7 Å². The molecule has 0 fully saturated rings. The Hall–Kier alpha value is -1.59. The van der Waals surface area contributed by atoms with E-state index in [9.17, 15) is 9.59 Å². The van der Waals surface area contributed by atoms with E-state index >= 15 is 0 Å². The van der Waals surface area contributed by atoms with Crippen molar-refractivity contribution < 1.29 is 19.8 Å². The molecule has 2 N–H and O–H groups in total. The van der Waals surface area contributed by atoms with Crippen LogP contribution in [0.25, 0.3) is 0 Å². The molecule has 0 aromatic heterocycles. The van der Waals surface area contributed by atoms with Gasteiger partial charge < -0.3 is 10.2 Å². The molecular formula is C9H14N2O4. The lowest BCUT2D eigenvalue weighted by atomic mass is 9.92. The molecule has 1 aliphatic rings. The van der Waals surface area contributed by atoms with Gasteiger partial charge in [-0.15, -0.1) is 0 Å². The molecule has 1 aliphatic heterocycles. The number of hydrogen-bond acceptors (Lipinski definition) is 3. The van der Waals surface area contributed by atoms with Crippen molar-refractivity contribution in [2.45, 2.75) is 32.7 Å². The topological polar surface area (TPSA) is 90.2 Å². The zero-order valence-electron chi connectivity index (χ0n) is 8.67. The summed E-state index contributed by atoms with van der Waals surface area (Å²) in [5.41, 5.74) is 0.646. The second kappa shape index (κ2) is 4.29. The first-order valence-corrected chi connectivity index (χ1v) is 4.85. The molecule has 2 unspecified atom stereocenters. The summed E-state index contributed by atoms with van der Waals surface area (Å²) in [5, 5.41) is 22.3. The maximum Gasteiger partial charge on any atom is 0.428 e. The number of hydrogen-bond donors (Lipinski definition) is 2. The van der Waals surface area contributed by atoms with Crippen LogP contribution in [0.2, 0.25) is 0 Å². The summed E-state index contributed by atoms with van der Waals surface area (Å²) in [7, 11) is 0. The van der Waals surface area contributed by atoms with Crippen molar-refractivity contribution in [2.75, 3.05) is 0 Å². The van der Waals surface area contributed by atoms with Gasteiger partial charge in [0.25, 0.3) is 0 Å². The third-order valence-electron chi connectivity index (χ3n) is 2.56. The van der Waals surface area contributed by atoms with Crippen molar-refractivity contribution in [2.24, 2.45) is 11.0 Å². The van der Waals surface area contributed by atoms with E-state index in [1.807, 2.05) is 13.8 Å². The van der Waals surface area contributed by atoms with Crippen LogP contribution in [0, 0.1) is 5.92 Å². The molecule has 2 atom stereocenters. The quantitative estimate of drug-likeness (QED) is 0.739. The number of rotatable bonds is 3. The molecule has 0 aromatic carbocycles. The van der Waals surface area contributed by atoms with Gasteiger partial charge in [0.15, 0.2) is 6.04 Å². The molecule has 0 radical (unpaired) electrons. The molecule has 1 heterocycles. The maximum absolute atomic E-state index is 11.0. The Balaban J connectivity index is 3.02. The van der Waals surface area contributed by atoms with Crippen molar-refractivity contribution in [1.82, 2.24) is 5.01 Å². The summed E-state index contributed by atoms with van der Waals surface area (Å²) < 4.78 is 0. The summed E-state index contributed by atoms with van der Waals surface area (Å²) in [5.74, 6) is -1.44. The number of hydrazone groups is 1. The fourth-order valence-electron chi connectivity index (χ4n) is 1.86. The second-order valence-corrected chi connectivity index (χ2v) is 3.37. The second-order valence-electron chi connectivity index (χ2n) is 3.37. The third kappa shape index (κ3) is 1.93. The number of carboxylic acid groups (broad SMARTS) is 2. The lowest BCUT2D eigenvalue weighted by Crippen LogP contribution is -2.42. The van der Waals surface area contributed by atoms with Crippen molar-refractivity contribution in [3.8, 4) is 0 Å². The van der Waals surface area contributed by atoms with Crippen LogP contribution in [-0.4, -0.2) is 39.0 Å². The third-order valence-corrected chi connectivity index (χ3v) is 2.56. The summed E-state index contributed by atoms with van der Waals surface area (Å²) in [6, 6.07) is -1.07. The van der Waals surface area contributed by atoms with Gasteiger partial charge >= 0.3 is 12.1 Å². The minimum absolute atomic E-state index is 0.302. The van der Waals surface area contributed by atoms with Crippen LogP contribution < -0.4 is 0 Å². The fourth-order valence-corrected chi connectivity index (χ4v) is 1.86. The van der Waals surface area contributed by atoms with Crippen LogP contribution in [0.15, 0.2) is 5.10 Å². The van der Waals surface area contributed by atoms with Gasteiger partial charge in [-0.05, 0) is 12.8 Å². The molecule has 1 amide bonds. The Morgan fingerprint density at radius 2 is 2.00 bits per heavy atom. The smallest absolute Gasteiger partial charge is 0.428 e. The van der Waals surface area contributed by atoms with Gasteiger partial charge in [-0.1, -0.05) is 13.8 Å². The maximum atomic E-state index is 11.0. The lowest BCUT2D eigenvalue weighted by Gasteiger charge is -2.19. The molecule has 15 heavy (non-hydrogen) atoms. The Morgan fingerprint density at radius 3 is 2.33 bits per heavy atom. The van der Waals surface area contributed by atoms with E-state index < -0.39 is 18.1 Å². The minimum atomic E-state index is -1.32. The first kappa shape index (κ1) is 11.5. The van der Waals surface area contributed by atoms with Gasteiger partial charge in [-0.3, -0.25) is 0 Å². The van der Waals surface area contributed by atoms with Gasteiger partial charge in [0, 0.05) is 11.6 Å². The van der Waals surface area contributed by atoms with Gasteiger partial charge in [0.05, 0.1) is 0 Å². The average Bonchev–Trinajstić information content (AvgIpc) is 2.55. The zero-order chi connectivity index (χ0) is 11.6. The molecule has 1 rings (SSSR count). The molecule has 0 saturated carbocycles. The van der Waals surface area contributed by atoms with E-state index in [1.165, 1.54) is 0 Å². The number of nitrogens with zero attached hydrogens (tertiary/aromatic N) is 2. The Labute approximate surface area is 87.2 Å². The standard InChI is InChI=1S/C9H14N2O4/c1-3-5-6(4-2)10-11(9(14)15)7(5)8(12)13/h5,7H,3-4H2,1-2H3,(H,12,13)(H,14,15). The molecule has 6 heteroatoms. The highest BCUT2D eigenvalue weighted by Gasteiger charge is 2.43. The normalized spacial score (nSPS) is 25.2. The molecule has 0 bridgehead atoms. The molecule has 0 saturated heterocycles. The molecule has 84 valence electrons. The zero-order valence-corrected chi connectivity index (χ0v) is 8.67. The highest BCUT2D eigenvalue weighted by molar-refractivity contribution is 5.96. The summed E-state index contributed by atoms with van der Waals surface area (Å²) in [6.07, 6.45) is -0.163. The Kier molecular flexibility index (Phi) is 3.28. The highest BCUT2D eigenvalue weighted by atomic mass is 16.4. The minimum Gasteiger partial charge on any atom is -0.480 e. The summed E-state index contributed by atoms with van der Waals surface area (Å²) in [4.78, 5) is 21.8. The fraction of sp³-hybridized carbons (Fsp3) is 0.667. The monoisotopic (exact) mass is 214 g/mol. The van der Waals surface area contributed by atoms with E-state index in [0.717, 1.165) is 0 Å². The van der Waals surface area contributed by atoms with Crippen LogP contribution in [-0.2, 0) is 4.79 Å². The summed E-state index contributed by atoms with van der Waals surface area (Å²) >= 11 is 0. The van der Waals surface area contributed by atoms with Crippen LogP contribution in [0.5, 0.6) is 0 Å². The van der Waals surface area contributed by atoms with Crippen LogP contribution >= 0.6 is 0 Å². The van der Waals surface area contributed by atoms with E-state index in [0.29, 0.717) is 23.6 Å². The van der Waals surface area contributed by atoms with Crippen LogP contribution in [0.4, 0.5) is 4.79 Å². The van der Waals surface area contributed by atoms with Gasteiger partial charge in [0.1, 0.15) is 0 Å². The Morgan fingerprint density at radius 1 is 1.40 bits per heavy atom. The van der Waals surface area contributed by atoms with Crippen molar-refractivity contribution >= 4 is 17.8 Å². The first-order chi connectivity index (χ1) is 7.02. The lowest BCUT2D eigenvalue weighted by molar-refractivity contribution is -0.143. The predicted octanol–water partition coefficient (Wildman–Crippen LogP) is 1.23. The highest BCUT2D eigenvalue weighted by Crippen LogP contribution is 2.26. The molecule has 0 aliphatic carbocycles. The Bertz CT molecular complexity index is 313. The van der Waals surface area contributed by atoms with Gasteiger partial charge in [-0.25, -0.2) is 9.59 Å². The van der Waals surface area contributed by atoms with E-state index in [4.69, 9.17) is 10.2 Å².